The fourth-order valence-corrected chi connectivity index (χ4v) is 4.23. The van der Waals surface area contributed by atoms with Gasteiger partial charge in [0, 0.05) is 19.2 Å². The van der Waals surface area contributed by atoms with E-state index in [1.54, 1.807) is 7.05 Å². The number of hydrogen-bond donors (Lipinski definition) is 1. The Morgan fingerprint density at radius 3 is 2.38 bits per heavy atom. The minimum atomic E-state index is -5.02. The number of halogens is 4. The van der Waals surface area contributed by atoms with Gasteiger partial charge in [0.15, 0.2) is 23.1 Å². The number of nitrogens with zero attached hydrogens (tertiary/aromatic N) is 4. The van der Waals surface area contributed by atoms with E-state index in [9.17, 15) is 32.3 Å². The molecule has 1 amide bonds. The van der Waals surface area contributed by atoms with Crippen LogP contribution in [0.4, 0.5) is 22.4 Å². The second kappa shape index (κ2) is 12.7. The molecule has 2 aromatic carbocycles. The first-order valence-corrected chi connectivity index (χ1v) is 12.6. The number of amides is 1. The van der Waals surface area contributed by atoms with E-state index in [4.69, 9.17) is 4.74 Å². The number of methoxy groups -OCH3 is 1. The van der Waals surface area contributed by atoms with Crippen molar-refractivity contribution in [1.29, 1.82) is 0 Å². The summed E-state index contributed by atoms with van der Waals surface area (Å²) in [4.78, 5) is 28.5. The Kier molecular flexibility index (Phi) is 9.09. The predicted molar refractivity (Wildman–Crippen MR) is 143 cm³/mol. The zero-order valence-electron chi connectivity index (χ0n) is 22.6. The van der Waals surface area contributed by atoms with Crippen LogP contribution in [-0.2, 0) is 23.9 Å². The van der Waals surface area contributed by atoms with Gasteiger partial charge in [-0.15, -0.1) is 0 Å². The Labute approximate surface area is 237 Å². The summed E-state index contributed by atoms with van der Waals surface area (Å²) in [6.45, 7) is 0.528. The van der Waals surface area contributed by atoms with Gasteiger partial charge < -0.3 is 19.5 Å². The van der Waals surface area contributed by atoms with Gasteiger partial charge in [-0.1, -0.05) is 36.4 Å². The third-order valence-electron chi connectivity index (χ3n) is 6.31. The number of aryl methyl sites for hydroxylation is 1. The highest BCUT2D eigenvalue weighted by Crippen LogP contribution is 2.35. The van der Waals surface area contributed by atoms with Crippen LogP contribution in [0.25, 0.3) is 17.1 Å². The summed E-state index contributed by atoms with van der Waals surface area (Å²) in [5, 5.41) is 12.8. The summed E-state index contributed by atoms with van der Waals surface area (Å²) in [6, 6.07) is 15.7. The molecule has 9 nitrogen and oxygen atoms in total. The first kappa shape index (κ1) is 30.0. The summed E-state index contributed by atoms with van der Waals surface area (Å²) in [5.41, 5.74) is -0.461. The van der Waals surface area contributed by atoms with Gasteiger partial charge in [-0.2, -0.15) is 18.3 Å². The minimum absolute atomic E-state index is 0.00165. The third-order valence-corrected chi connectivity index (χ3v) is 6.31. The molecule has 0 atom stereocenters. The van der Waals surface area contributed by atoms with Crippen LogP contribution in [0.15, 0.2) is 66.9 Å². The molecule has 42 heavy (non-hydrogen) atoms. The molecule has 0 saturated heterocycles. The van der Waals surface area contributed by atoms with E-state index in [-0.39, 0.29) is 29.4 Å². The maximum Gasteiger partial charge on any atom is 0.434 e. The van der Waals surface area contributed by atoms with Crippen LogP contribution in [0.3, 0.4) is 0 Å². The Bertz CT molecular complexity index is 1570. The Morgan fingerprint density at radius 2 is 1.71 bits per heavy atom. The monoisotopic (exact) mass is 586 g/mol. The van der Waals surface area contributed by atoms with E-state index >= 15 is 0 Å². The van der Waals surface area contributed by atoms with Gasteiger partial charge in [0.1, 0.15) is 12.2 Å². The van der Waals surface area contributed by atoms with Gasteiger partial charge >= 0.3 is 18.2 Å². The minimum Gasteiger partial charge on any atom is -0.485 e. The second-order valence-electron chi connectivity index (χ2n) is 9.22. The summed E-state index contributed by atoms with van der Waals surface area (Å²) < 4.78 is 66.9. The Hall–Kier alpha value is -4.94. The fourth-order valence-electron chi connectivity index (χ4n) is 4.23. The molecule has 13 heteroatoms. The summed E-state index contributed by atoms with van der Waals surface area (Å²) in [6.07, 6.45) is -3.38. The van der Waals surface area contributed by atoms with Crippen molar-refractivity contribution in [1.82, 2.24) is 19.7 Å². The molecule has 4 rings (SSSR count). The summed E-state index contributed by atoms with van der Waals surface area (Å²) in [7, 11) is 2.98. The quantitative estimate of drug-likeness (QED) is 0.227. The molecule has 0 bridgehead atoms. The number of carbonyl (C=O) groups excluding carboxylic acids is 1. The van der Waals surface area contributed by atoms with Crippen LogP contribution in [0, 0.1) is 5.82 Å². The van der Waals surface area contributed by atoms with Crippen molar-refractivity contribution in [2.45, 2.75) is 25.6 Å². The smallest absolute Gasteiger partial charge is 0.434 e. The lowest BCUT2D eigenvalue weighted by Gasteiger charge is -2.15. The molecule has 2 heterocycles. The molecular weight excluding hydrogens is 560 g/mol. The van der Waals surface area contributed by atoms with Gasteiger partial charge in [-0.25, -0.2) is 23.6 Å². The van der Waals surface area contributed by atoms with Gasteiger partial charge in [-0.05, 0) is 48.2 Å². The molecule has 1 N–H and O–H groups in total. The van der Waals surface area contributed by atoms with E-state index in [1.807, 2.05) is 24.3 Å². The van der Waals surface area contributed by atoms with Gasteiger partial charge in [0.05, 0.1) is 19.0 Å². The van der Waals surface area contributed by atoms with Crippen LogP contribution in [-0.4, -0.2) is 57.5 Å². The molecule has 0 aliphatic rings. The molecule has 0 radical (unpaired) electrons. The number of rotatable bonds is 10. The number of para-hydroxylation sites is 1. The Morgan fingerprint density at radius 1 is 1.02 bits per heavy atom. The lowest BCUT2D eigenvalue weighted by atomic mass is 10.1. The average Bonchev–Trinajstić information content (AvgIpc) is 3.43. The standard InChI is InChI=1S/C29H26F4N4O5/c1-36(28(40)41-2)15-5-6-18-11-13-19(14-12-18)17-42-25-20(7-3-8-22(25)30)23-9-4-10-24(35-23)37-26(29(31,32)33)21(16-34-37)27(38)39/h3-4,7-14,16H,5-6,15,17H2,1-2H3,(H,38,39). The molecule has 0 aliphatic carbocycles. The molecule has 220 valence electrons. The van der Waals surface area contributed by atoms with Crippen LogP contribution < -0.4 is 4.74 Å². The number of hydrogen-bond acceptors (Lipinski definition) is 6. The molecule has 0 aliphatic heterocycles. The number of pyridine rings is 1. The SMILES string of the molecule is COC(=O)N(C)CCCc1ccc(COc2c(F)cccc2-c2cccc(-n3ncc(C(=O)O)c3C(F)(F)F)n2)cc1. The molecular formula is C29H26F4N4O5. The number of carbonyl (C=O) groups is 2. The van der Waals surface area contributed by atoms with Crippen molar-refractivity contribution < 1.29 is 41.7 Å². The van der Waals surface area contributed by atoms with Crippen molar-refractivity contribution in [3.05, 3.63) is 95.1 Å². The number of aromatic nitrogens is 3. The highest BCUT2D eigenvalue weighted by atomic mass is 19.4. The first-order valence-electron chi connectivity index (χ1n) is 12.6. The van der Waals surface area contributed by atoms with E-state index in [1.165, 1.54) is 48.4 Å². The van der Waals surface area contributed by atoms with Crippen LogP contribution >= 0.6 is 0 Å². The average molecular weight is 587 g/mol. The van der Waals surface area contributed by atoms with Gasteiger partial charge in [0.25, 0.3) is 0 Å². The van der Waals surface area contributed by atoms with E-state index in [0.717, 1.165) is 24.0 Å². The van der Waals surface area contributed by atoms with E-state index < -0.39 is 35.3 Å². The fraction of sp³-hybridized carbons (Fsp3) is 0.241. The molecule has 0 spiro atoms. The zero-order valence-corrected chi connectivity index (χ0v) is 22.6. The Balaban J connectivity index is 1.52. The molecule has 2 aromatic heterocycles. The van der Waals surface area contributed by atoms with Crippen LogP contribution in [0.5, 0.6) is 5.75 Å². The largest absolute Gasteiger partial charge is 0.485 e. The zero-order chi connectivity index (χ0) is 30.4. The van der Waals surface area contributed by atoms with Crippen molar-refractivity contribution >= 4 is 12.1 Å². The van der Waals surface area contributed by atoms with Gasteiger partial charge in [-0.3, -0.25) is 0 Å². The normalized spacial score (nSPS) is 11.3. The number of alkyl halides is 3. The number of benzene rings is 2. The second-order valence-corrected chi connectivity index (χ2v) is 9.22. The number of ether oxygens (including phenoxy) is 2. The molecule has 0 fully saturated rings. The molecule has 0 saturated carbocycles. The third kappa shape index (κ3) is 6.85. The topological polar surface area (TPSA) is 107 Å². The summed E-state index contributed by atoms with van der Waals surface area (Å²) >= 11 is 0. The molecule has 0 unspecified atom stereocenters. The van der Waals surface area contributed by atoms with E-state index in [2.05, 4.69) is 14.8 Å². The van der Waals surface area contributed by atoms with Crippen molar-refractivity contribution in [3.63, 3.8) is 0 Å². The summed E-state index contributed by atoms with van der Waals surface area (Å²) in [5.74, 6) is -2.95. The van der Waals surface area contributed by atoms with Crippen LogP contribution in [0.2, 0.25) is 0 Å². The van der Waals surface area contributed by atoms with Gasteiger partial charge in [0.2, 0.25) is 0 Å². The lowest BCUT2D eigenvalue weighted by Crippen LogP contribution is -2.27. The van der Waals surface area contributed by atoms with E-state index in [0.29, 0.717) is 17.4 Å². The number of carboxylic acids is 1. The first-order chi connectivity index (χ1) is 20.0. The molecule has 4 aromatic rings. The van der Waals surface area contributed by atoms with Crippen molar-refractivity contribution in [2.24, 2.45) is 0 Å². The van der Waals surface area contributed by atoms with Crippen LogP contribution in [0.1, 0.15) is 33.6 Å². The highest BCUT2D eigenvalue weighted by Gasteiger charge is 2.41. The lowest BCUT2D eigenvalue weighted by molar-refractivity contribution is -0.143. The maximum atomic E-state index is 14.9. The van der Waals surface area contributed by atoms with Crippen molar-refractivity contribution in [3.8, 4) is 22.8 Å². The highest BCUT2D eigenvalue weighted by molar-refractivity contribution is 5.89. The maximum absolute atomic E-state index is 14.9. The predicted octanol–water partition coefficient (Wildman–Crippen LogP) is 6.00. The number of aromatic carboxylic acids is 1. The number of carboxylic acid groups (broad SMARTS) is 1. The van der Waals surface area contributed by atoms with Crippen molar-refractivity contribution in [2.75, 3.05) is 20.7 Å².